The van der Waals surface area contributed by atoms with Crippen LogP contribution in [0.1, 0.15) is 0 Å². The highest BCUT2D eigenvalue weighted by Crippen LogP contribution is 2.19. The van der Waals surface area contributed by atoms with E-state index >= 15 is 0 Å². The van der Waals surface area contributed by atoms with Crippen LogP contribution >= 0.6 is 0 Å². The van der Waals surface area contributed by atoms with Crippen molar-refractivity contribution in [3.63, 3.8) is 0 Å². The van der Waals surface area contributed by atoms with E-state index in [-0.39, 0.29) is 5.75 Å². The zero-order chi connectivity index (χ0) is 15.3. The molecule has 1 fully saturated rings. The Bertz CT molecular complexity index is 374. The fourth-order valence-electron chi connectivity index (χ4n) is 1.56. The number of hydrogen-bond acceptors (Lipinski definition) is 8. The Balaban J connectivity index is 0.000000217. The Hall–Kier alpha value is -1.42. The maximum Gasteiger partial charge on any atom is 0.184 e. The molecule has 0 unspecified atom stereocenters. The van der Waals surface area contributed by atoms with Crippen LogP contribution in [0.15, 0.2) is 24.3 Å². The van der Waals surface area contributed by atoms with Crippen molar-refractivity contribution in [1.29, 1.82) is 0 Å². The summed E-state index contributed by atoms with van der Waals surface area (Å²) in [7, 11) is 0. The lowest BCUT2D eigenvalue weighted by molar-refractivity contribution is -0.286. The minimum Gasteiger partial charge on any atom is -0.508 e. The second-order valence-corrected chi connectivity index (χ2v) is 4.31. The van der Waals surface area contributed by atoms with Crippen LogP contribution in [-0.2, 0) is 4.74 Å². The molecule has 5 atom stereocenters. The molecule has 2 rings (SSSR count). The van der Waals surface area contributed by atoms with Crippen LogP contribution in [0.4, 0.5) is 5.69 Å². The fraction of sp³-hybridized carbons (Fsp3) is 0.500. The van der Waals surface area contributed by atoms with Gasteiger partial charge >= 0.3 is 0 Å². The predicted octanol–water partition coefficient (Wildman–Crippen LogP) is -2.25. The largest absolute Gasteiger partial charge is 0.508 e. The molecule has 0 saturated carbocycles. The lowest BCUT2D eigenvalue weighted by atomic mass is 10.00. The van der Waals surface area contributed by atoms with Gasteiger partial charge in [-0.05, 0) is 24.3 Å². The van der Waals surface area contributed by atoms with Gasteiger partial charge in [-0.2, -0.15) is 0 Å². The first-order valence-corrected chi connectivity index (χ1v) is 5.90. The molecule has 8 nitrogen and oxygen atoms in total. The molecule has 1 aromatic rings. The van der Waals surface area contributed by atoms with E-state index in [1.165, 1.54) is 0 Å². The Labute approximate surface area is 115 Å². The van der Waals surface area contributed by atoms with E-state index in [0.717, 1.165) is 0 Å². The van der Waals surface area contributed by atoms with Crippen molar-refractivity contribution in [2.75, 3.05) is 12.3 Å². The van der Waals surface area contributed by atoms with E-state index < -0.39 is 37.3 Å². The van der Waals surface area contributed by atoms with Crippen molar-refractivity contribution in [2.45, 2.75) is 30.7 Å². The highest BCUT2D eigenvalue weighted by atomic mass is 16.6. The third kappa shape index (κ3) is 4.30. The van der Waals surface area contributed by atoms with Crippen molar-refractivity contribution >= 4 is 5.69 Å². The fourth-order valence-corrected chi connectivity index (χ4v) is 1.56. The Morgan fingerprint density at radius 1 is 0.950 bits per heavy atom. The average molecular weight is 289 g/mol. The monoisotopic (exact) mass is 289 g/mol. The first-order valence-electron chi connectivity index (χ1n) is 5.90. The molecule has 0 aromatic heterocycles. The van der Waals surface area contributed by atoms with Crippen LogP contribution in [0.25, 0.3) is 0 Å². The van der Waals surface area contributed by atoms with Gasteiger partial charge < -0.3 is 41.1 Å². The summed E-state index contributed by atoms with van der Waals surface area (Å²) in [5, 5.41) is 53.4. The van der Waals surface area contributed by atoms with Gasteiger partial charge in [0.05, 0.1) is 6.61 Å². The van der Waals surface area contributed by atoms with Gasteiger partial charge in [-0.25, -0.2) is 0 Å². The van der Waals surface area contributed by atoms with Crippen LogP contribution in [0.2, 0.25) is 0 Å². The third-order valence-electron chi connectivity index (χ3n) is 2.76. The molecular weight excluding hydrogens is 270 g/mol. The number of anilines is 1. The number of aliphatic hydroxyl groups is 5. The maximum absolute atomic E-state index is 9.12. The number of rotatable bonds is 1. The summed E-state index contributed by atoms with van der Waals surface area (Å²) in [6, 6.07) is 6.40. The summed E-state index contributed by atoms with van der Waals surface area (Å²) in [6.45, 7) is -0.526. The lowest BCUT2D eigenvalue weighted by Crippen LogP contribution is -2.58. The molecule has 8 N–H and O–H groups in total. The number of nitrogens with two attached hydrogens (primary N) is 1. The minimum absolute atomic E-state index is 0.249. The zero-order valence-corrected chi connectivity index (χ0v) is 10.6. The molecule has 114 valence electrons. The molecule has 1 aromatic carbocycles. The summed E-state index contributed by atoms with van der Waals surface area (Å²) >= 11 is 0. The second-order valence-electron chi connectivity index (χ2n) is 4.31. The molecule has 1 heterocycles. The highest BCUT2D eigenvalue weighted by molar-refractivity contribution is 5.40. The number of aromatic hydroxyl groups is 1. The SMILES string of the molecule is Nc1ccc(O)cc1.OC[C@H]1O[C@H](O)[C@@H](O)[C@@H](O)[C@@H]1O. The van der Waals surface area contributed by atoms with Crippen LogP contribution in [0.5, 0.6) is 5.75 Å². The average Bonchev–Trinajstić information content (AvgIpc) is 2.44. The number of aliphatic hydroxyl groups excluding tert-OH is 5. The van der Waals surface area contributed by atoms with Gasteiger partial charge in [-0.15, -0.1) is 0 Å². The predicted molar refractivity (Wildman–Crippen MR) is 68.5 cm³/mol. The highest BCUT2D eigenvalue weighted by Gasteiger charge is 2.42. The maximum atomic E-state index is 9.12. The van der Waals surface area contributed by atoms with Crippen LogP contribution in [0.3, 0.4) is 0 Å². The minimum atomic E-state index is -1.57. The molecule has 0 spiro atoms. The quantitative estimate of drug-likeness (QED) is 0.226. The molecule has 20 heavy (non-hydrogen) atoms. The van der Waals surface area contributed by atoms with Gasteiger partial charge in [0, 0.05) is 5.69 Å². The van der Waals surface area contributed by atoms with Gasteiger partial charge in [0.15, 0.2) is 6.29 Å². The summed E-state index contributed by atoms with van der Waals surface area (Å²) < 4.78 is 4.58. The smallest absolute Gasteiger partial charge is 0.184 e. The number of phenols is 1. The summed E-state index contributed by atoms with van der Waals surface area (Å²) in [6.07, 6.45) is -7.04. The van der Waals surface area contributed by atoms with Crippen molar-refractivity contribution in [2.24, 2.45) is 0 Å². The summed E-state index contributed by atoms with van der Waals surface area (Å²) in [5.74, 6) is 0.249. The number of ether oxygens (including phenoxy) is 1. The number of phenolic OH excluding ortho intramolecular Hbond substituents is 1. The molecule has 0 radical (unpaired) electrons. The molecular formula is C12H19NO7. The van der Waals surface area contributed by atoms with Gasteiger partial charge in [0.1, 0.15) is 30.2 Å². The van der Waals surface area contributed by atoms with E-state index in [0.29, 0.717) is 5.69 Å². The van der Waals surface area contributed by atoms with Crippen LogP contribution < -0.4 is 5.73 Å². The zero-order valence-electron chi connectivity index (χ0n) is 10.6. The topological polar surface area (TPSA) is 157 Å². The molecule has 0 aliphatic carbocycles. The van der Waals surface area contributed by atoms with Crippen molar-refractivity contribution in [3.05, 3.63) is 24.3 Å². The Morgan fingerprint density at radius 2 is 1.50 bits per heavy atom. The molecule has 8 heteroatoms. The molecule has 1 aliphatic heterocycles. The number of benzene rings is 1. The third-order valence-corrected chi connectivity index (χ3v) is 2.76. The van der Waals surface area contributed by atoms with Crippen molar-refractivity contribution in [3.8, 4) is 5.75 Å². The normalized spacial score (nSPS) is 33.1. The van der Waals surface area contributed by atoms with Gasteiger partial charge in [0.2, 0.25) is 0 Å². The van der Waals surface area contributed by atoms with Crippen LogP contribution in [0, 0.1) is 0 Å². The number of nitrogen functional groups attached to an aromatic ring is 1. The summed E-state index contributed by atoms with van der Waals surface area (Å²) in [5.41, 5.74) is 5.98. The first kappa shape index (κ1) is 16.6. The lowest BCUT2D eigenvalue weighted by Gasteiger charge is -2.37. The van der Waals surface area contributed by atoms with E-state index in [1.54, 1.807) is 24.3 Å². The van der Waals surface area contributed by atoms with E-state index in [2.05, 4.69) is 4.74 Å². The molecule has 1 aliphatic rings. The van der Waals surface area contributed by atoms with E-state index in [9.17, 15) is 0 Å². The van der Waals surface area contributed by atoms with E-state index in [4.69, 9.17) is 36.4 Å². The molecule has 0 amide bonds. The van der Waals surface area contributed by atoms with Crippen molar-refractivity contribution in [1.82, 2.24) is 0 Å². The first-order chi connectivity index (χ1) is 9.36. The van der Waals surface area contributed by atoms with Gasteiger partial charge in [-0.3, -0.25) is 0 Å². The number of hydrogen-bond donors (Lipinski definition) is 7. The van der Waals surface area contributed by atoms with Crippen LogP contribution in [-0.4, -0.2) is 68.0 Å². The van der Waals surface area contributed by atoms with Crippen molar-refractivity contribution < 1.29 is 35.4 Å². The van der Waals surface area contributed by atoms with E-state index in [1.807, 2.05) is 0 Å². The standard InChI is InChI=1S/C6H7NO.C6H12O6/c7-5-1-3-6(8)4-2-5;7-1-2-3(8)4(9)5(10)6(11)12-2/h1-4,8H,7H2;2-11H,1H2/t;2-,3-,4+,5+,6+/m.1/s1. The Morgan fingerprint density at radius 3 is 1.95 bits per heavy atom. The van der Waals surface area contributed by atoms with Gasteiger partial charge in [0.25, 0.3) is 0 Å². The molecule has 0 bridgehead atoms. The van der Waals surface area contributed by atoms with Gasteiger partial charge in [-0.1, -0.05) is 0 Å². The Kier molecular flexibility index (Phi) is 6.14. The second kappa shape index (κ2) is 7.39. The summed E-state index contributed by atoms with van der Waals surface area (Å²) in [4.78, 5) is 0. The molecule has 1 saturated heterocycles.